The van der Waals surface area contributed by atoms with Crippen molar-refractivity contribution in [2.75, 3.05) is 18.4 Å². The fraction of sp³-hybridized carbons (Fsp3) is 0.200. The number of hydrogen-bond acceptors (Lipinski definition) is 5. The Kier molecular flexibility index (Phi) is 6.53. The minimum Gasteiger partial charge on any atom is -0.346 e. The van der Waals surface area contributed by atoms with Crippen molar-refractivity contribution in [1.82, 2.24) is 25.0 Å². The van der Waals surface area contributed by atoms with Crippen LogP contribution < -0.4 is 10.6 Å². The lowest BCUT2D eigenvalue weighted by Crippen LogP contribution is -2.47. The first-order valence-electron chi connectivity index (χ1n) is 11.3. The molecule has 3 amide bonds. The number of hydrogen-bond donors (Lipinski definition) is 2. The van der Waals surface area contributed by atoms with Gasteiger partial charge in [0.25, 0.3) is 5.91 Å². The third-order valence-electron chi connectivity index (χ3n) is 5.77. The Balaban J connectivity index is 1.24. The van der Waals surface area contributed by atoms with Crippen LogP contribution in [0.1, 0.15) is 23.5 Å². The molecule has 178 valence electrons. The first-order valence-corrected chi connectivity index (χ1v) is 12.1. The maximum Gasteiger partial charge on any atom is 0.321 e. The number of nitrogens with zero attached hydrogens (tertiary/aromatic N) is 4. The van der Waals surface area contributed by atoms with Crippen LogP contribution in [0.25, 0.3) is 16.4 Å². The van der Waals surface area contributed by atoms with Crippen LogP contribution in [0, 0.1) is 5.82 Å². The van der Waals surface area contributed by atoms with Crippen molar-refractivity contribution < 1.29 is 14.0 Å². The van der Waals surface area contributed by atoms with E-state index < -0.39 is 0 Å². The predicted octanol–water partition coefficient (Wildman–Crippen LogP) is 4.56. The minimum absolute atomic E-state index is 0.0435. The normalized spacial score (nSPS) is 14.0. The van der Waals surface area contributed by atoms with Crippen LogP contribution >= 0.6 is 11.3 Å². The van der Waals surface area contributed by atoms with Crippen LogP contribution in [0.2, 0.25) is 0 Å². The zero-order valence-electron chi connectivity index (χ0n) is 18.7. The SMILES string of the molecule is O=C(NC1CCN(C(=O)Nc2ccccc2)CC1)c1nc(-c2cccs2)n(-c2ccc(F)cc2)n1. The molecule has 3 heterocycles. The lowest BCUT2D eigenvalue weighted by atomic mass is 10.1. The molecule has 2 aromatic heterocycles. The Morgan fingerprint density at radius 3 is 2.40 bits per heavy atom. The van der Waals surface area contributed by atoms with Gasteiger partial charge in [0.05, 0.1) is 10.6 Å². The van der Waals surface area contributed by atoms with Gasteiger partial charge in [-0.15, -0.1) is 16.4 Å². The molecule has 1 saturated heterocycles. The quantitative estimate of drug-likeness (QED) is 0.429. The molecule has 0 aliphatic carbocycles. The van der Waals surface area contributed by atoms with Gasteiger partial charge in [-0.3, -0.25) is 4.79 Å². The molecule has 0 bridgehead atoms. The largest absolute Gasteiger partial charge is 0.346 e. The molecule has 2 aromatic carbocycles. The molecule has 0 unspecified atom stereocenters. The van der Waals surface area contributed by atoms with Gasteiger partial charge in [-0.05, 0) is 60.7 Å². The molecule has 10 heteroatoms. The molecular weight excluding hydrogens is 467 g/mol. The summed E-state index contributed by atoms with van der Waals surface area (Å²) in [7, 11) is 0. The van der Waals surface area contributed by atoms with Crippen LogP contribution in [0.5, 0.6) is 0 Å². The summed E-state index contributed by atoms with van der Waals surface area (Å²) in [6, 6.07) is 18.7. The molecule has 1 fully saturated rings. The van der Waals surface area contributed by atoms with Gasteiger partial charge in [0.2, 0.25) is 5.82 Å². The van der Waals surface area contributed by atoms with Gasteiger partial charge in [-0.2, -0.15) is 0 Å². The van der Waals surface area contributed by atoms with Crippen molar-refractivity contribution >= 4 is 29.0 Å². The van der Waals surface area contributed by atoms with Crippen LogP contribution in [-0.2, 0) is 0 Å². The maximum absolute atomic E-state index is 13.4. The smallest absolute Gasteiger partial charge is 0.321 e. The monoisotopic (exact) mass is 490 g/mol. The molecular formula is C25H23FN6O2S. The predicted molar refractivity (Wildman–Crippen MR) is 132 cm³/mol. The van der Waals surface area contributed by atoms with Crippen molar-refractivity contribution in [3.8, 4) is 16.4 Å². The Morgan fingerprint density at radius 2 is 1.71 bits per heavy atom. The minimum atomic E-state index is -0.379. The van der Waals surface area contributed by atoms with Crippen molar-refractivity contribution in [2.24, 2.45) is 0 Å². The fourth-order valence-corrected chi connectivity index (χ4v) is 4.64. The van der Waals surface area contributed by atoms with Crippen LogP contribution in [0.3, 0.4) is 0 Å². The van der Waals surface area contributed by atoms with Gasteiger partial charge < -0.3 is 15.5 Å². The topological polar surface area (TPSA) is 92.2 Å². The number of aromatic nitrogens is 3. The fourth-order valence-electron chi connectivity index (χ4n) is 3.94. The van der Waals surface area contributed by atoms with E-state index in [9.17, 15) is 14.0 Å². The number of carbonyl (C=O) groups excluding carboxylic acids is 2. The van der Waals surface area contributed by atoms with E-state index in [1.165, 1.54) is 23.5 Å². The highest BCUT2D eigenvalue weighted by Gasteiger charge is 2.26. The highest BCUT2D eigenvalue weighted by molar-refractivity contribution is 7.13. The van der Waals surface area contributed by atoms with Gasteiger partial charge in [-0.25, -0.2) is 18.9 Å². The van der Waals surface area contributed by atoms with Gasteiger partial charge in [-0.1, -0.05) is 24.3 Å². The molecule has 1 aliphatic rings. The summed E-state index contributed by atoms with van der Waals surface area (Å²) < 4.78 is 15.0. The molecule has 8 nitrogen and oxygen atoms in total. The molecule has 0 radical (unpaired) electrons. The van der Waals surface area contributed by atoms with E-state index in [0.29, 0.717) is 37.4 Å². The lowest BCUT2D eigenvalue weighted by Gasteiger charge is -2.32. The second-order valence-corrected chi connectivity index (χ2v) is 9.10. The molecule has 0 saturated carbocycles. The number of nitrogens with one attached hydrogen (secondary N) is 2. The summed E-state index contributed by atoms with van der Waals surface area (Å²) >= 11 is 1.48. The molecule has 4 aromatic rings. The average molecular weight is 491 g/mol. The van der Waals surface area contributed by atoms with E-state index in [4.69, 9.17) is 0 Å². The summed E-state index contributed by atoms with van der Waals surface area (Å²) in [5, 5.41) is 12.2. The standard InChI is InChI=1S/C25H23FN6O2S/c26-17-8-10-20(11-9-17)32-23(21-7-4-16-35-21)29-22(30-32)24(33)27-19-12-14-31(15-13-19)25(34)28-18-5-2-1-3-6-18/h1-11,16,19H,12-15H2,(H,27,33)(H,28,34). The number of thiophene rings is 1. The Labute approximate surface area is 205 Å². The zero-order chi connectivity index (χ0) is 24.2. The van der Waals surface area contributed by atoms with Gasteiger partial charge in [0.15, 0.2) is 5.82 Å². The number of halogens is 1. The Morgan fingerprint density at radius 1 is 0.971 bits per heavy atom. The van der Waals surface area contributed by atoms with E-state index in [1.54, 1.807) is 21.7 Å². The van der Waals surface area contributed by atoms with Crippen LogP contribution in [0.15, 0.2) is 72.1 Å². The Hall–Kier alpha value is -4.05. The number of urea groups is 1. The average Bonchev–Trinajstić information content (AvgIpc) is 3.56. The van der Waals surface area contributed by atoms with Crippen LogP contribution in [0.4, 0.5) is 14.9 Å². The Bertz CT molecular complexity index is 1300. The number of carbonyl (C=O) groups is 2. The van der Waals surface area contributed by atoms with Gasteiger partial charge in [0, 0.05) is 24.8 Å². The summed E-state index contributed by atoms with van der Waals surface area (Å²) in [6.07, 6.45) is 1.26. The number of benzene rings is 2. The third-order valence-corrected chi connectivity index (χ3v) is 6.63. The van der Waals surface area contributed by atoms with Crippen molar-refractivity contribution in [3.63, 3.8) is 0 Å². The van der Waals surface area contributed by atoms with Gasteiger partial charge >= 0.3 is 6.03 Å². The molecule has 2 N–H and O–H groups in total. The number of para-hydroxylation sites is 1. The number of likely N-dealkylation sites (tertiary alicyclic amines) is 1. The molecule has 1 aliphatic heterocycles. The number of piperidine rings is 1. The van der Waals surface area contributed by atoms with Crippen molar-refractivity contribution in [1.29, 1.82) is 0 Å². The highest BCUT2D eigenvalue weighted by atomic mass is 32.1. The first kappa shape index (κ1) is 22.7. The molecule has 35 heavy (non-hydrogen) atoms. The second-order valence-electron chi connectivity index (χ2n) is 8.16. The van der Waals surface area contributed by atoms with Crippen LogP contribution in [-0.4, -0.2) is 50.7 Å². The van der Waals surface area contributed by atoms with E-state index in [1.807, 2.05) is 47.8 Å². The van der Waals surface area contributed by atoms with Gasteiger partial charge in [0.1, 0.15) is 5.82 Å². The highest BCUT2D eigenvalue weighted by Crippen LogP contribution is 2.26. The van der Waals surface area contributed by atoms with E-state index >= 15 is 0 Å². The molecule has 0 atom stereocenters. The second kappa shape index (κ2) is 10.1. The van der Waals surface area contributed by atoms with E-state index in [2.05, 4.69) is 20.7 Å². The first-order chi connectivity index (χ1) is 17.1. The summed E-state index contributed by atoms with van der Waals surface area (Å²) in [6.45, 7) is 1.06. The van der Waals surface area contributed by atoms with Crippen molar-refractivity contribution in [2.45, 2.75) is 18.9 Å². The lowest BCUT2D eigenvalue weighted by molar-refractivity contribution is 0.0909. The number of amides is 3. The summed E-state index contributed by atoms with van der Waals surface area (Å²) in [4.78, 5) is 32.6. The van der Waals surface area contributed by atoms with Crippen molar-refractivity contribution in [3.05, 3.63) is 83.8 Å². The number of rotatable bonds is 5. The summed E-state index contributed by atoms with van der Waals surface area (Å²) in [5.41, 5.74) is 1.36. The zero-order valence-corrected chi connectivity index (χ0v) is 19.5. The maximum atomic E-state index is 13.4. The molecule has 0 spiro atoms. The summed E-state index contributed by atoms with van der Waals surface area (Å²) in [5.74, 6) is -0.171. The van der Waals surface area contributed by atoms with E-state index in [0.717, 1.165) is 10.6 Å². The number of anilines is 1. The third kappa shape index (κ3) is 5.22. The van der Waals surface area contributed by atoms with E-state index in [-0.39, 0.29) is 29.6 Å². The molecule has 5 rings (SSSR count).